The molecule has 0 aromatic heterocycles. The quantitative estimate of drug-likeness (QED) is 0.653. The minimum Gasteiger partial charge on any atom is -0.491 e. The van der Waals surface area contributed by atoms with E-state index in [2.05, 4.69) is 19.2 Å². The molecule has 0 saturated carbocycles. The third kappa shape index (κ3) is 8.05. The number of rotatable bonds is 9. The Morgan fingerprint density at radius 1 is 1.33 bits per heavy atom. The number of hydrogen-bond acceptors (Lipinski definition) is 4. The van der Waals surface area contributed by atoms with Crippen LogP contribution < -0.4 is 10.1 Å². The molecule has 0 aliphatic heterocycles. The van der Waals surface area contributed by atoms with Gasteiger partial charge in [0.25, 0.3) is 0 Å². The Balaban J connectivity index is 2.24. The van der Waals surface area contributed by atoms with Gasteiger partial charge in [0.15, 0.2) is 0 Å². The van der Waals surface area contributed by atoms with Crippen LogP contribution in [0.4, 0.5) is 0 Å². The highest BCUT2D eigenvalue weighted by Gasteiger charge is 2.21. The van der Waals surface area contributed by atoms with Crippen LogP contribution in [-0.2, 0) is 0 Å². The van der Waals surface area contributed by atoms with Crippen LogP contribution in [0.15, 0.2) is 24.3 Å². The lowest BCUT2D eigenvalue weighted by Gasteiger charge is -2.26. The summed E-state index contributed by atoms with van der Waals surface area (Å²) in [6.07, 6.45) is 0.135. The number of aliphatic hydroxyl groups excluding tert-OH is 1. The van der Waals surface area contributed by atoms with Crippen molar-refractivity contribution in [3.63, 3.8) is 0 Å². The summed E-state index contributed by atoms with van der Waals surface area (Å²) in [5, 5.41) is 23.1. The molecule has 2 unspecified atom stereocenters. The molecule has 1 rings (SSSR count). The molecule has 0 radical (unpaired) electrons. The average Bonchev–Trinajstić information content (AvgIpc) is 2.34. The second kappa shape index (κ2) is 8.37. The van der Waals surface area contributed by atoms with Gasteiger partial charge in [-0.2, -0.15) is 0 Å². The SMILES string of the molecule is Cc1cccc(OCC(O)CNCC(C)(O)CC(C)C)c1. The van der Waals surface area contributed by atoms with Gasteiger partial charge >= 0.3 is 0 Å². The van der Waals surface area contributed by atoms with E-state index in [1.165, 1.54) is 0 Å². The number of benzene rings is 1. The van der Waals surface area contributed by atoms with Gasteiger partial charge in [-0.3, -0.25) is 0 Å². The highest BCUT2D eigenvalue weighted by atomic mass is 16.5. The Hall–Kier alpha value is -1.10. The van der Waals surface area contributed by atoms with Gasteiger partial charge in [-0.15, -0.1) is 0 Å². The lowest BCUT2D eigenvalue weighted by atomic mass is 9.94. The molecule has 0 heterocycles. The first kappa shape index (κ1) is 18.0. The zero-order valence-corrected chi connectivity index (χ0v) is 13.6. The van der Waals surface area contributed by atoms with Crippen molar-refractivity contribution in [3.05, 3.63) is 29.8 Å². The average molecular weight is 295 g/mol. The topological polar surface area (TPSA) is 61.7 Å². The fraction of sp³-hybridized carbons (Fsp3) is 0.647. The van der Waals surface area contributed by atoms with Gasteiger partial charge in [-0.1, -0.05) is 26.0 Å². The summed E-state index contributed by atoms with van der Waals surface area (Å²) in [7, 11) is 0. The standard InChI is InChI=1S/C17H29NO3/c1-13(2)9-17(4,20)12-18-10-15(19)11-21-16-7-5-6-14(3)8-16/h5-8,13,15,18-20H,9-12H2,1-4H3. The van der Waals surface area contributed by atoms with Gasteiger partial charge in [0.05, 0.1) is 5.60 Å². The fourth-order valence-corrected chi connectivity index (χ4v) is 2.42. The Morgan fingerprint density at radius 3 is 2.67 bits per heavy atom. The second-order valence-corrected chi connectivity index (χ2v) is 6.51. The number of ether oxygens (including phenoxy) is 1. The first-order valence-corrected chi connectivity index (χ1v) is 7.59. The molecule has 1 aromatic rings. The van der Waals surface area contributed by atoms with Gasteiger partial charge in [-0.05, 0) is 43.9 Å². The van der Waals surface area contributed by atoms with Crippen molar-refractivity contribution < 1.29 is 14.9 Å². The summed E-state index contributed by atoms with van der Waals surface area (Å²) >= 11 is 0. The third-order valence-electron chi connectivity index (χ3n) is 3.17. The van der Waals surface area contributed by atoms with E-state index in [0.717, 1.165) is 17.7 Å². The van der Waals surface area contributed by atoms with Crippen molar-refractivity contribution in [3.8, 4) is 5.75 Å². The van der Waals surface area contributed by atoms with Gasteiger partial charge < -0.3 is 20.3 Å². The minimum absolute atomic E-state index is 0.239. The maximum Gasteiger partial charge on any atom is 0.119 e. The molecule has 1 aromatic carbocycles. The molecular weight excluding hydrogens is 266 g/mol. The van der Waals surface area contributed by atoms with Gasteiger partial charge in [-0.25, -0.2) is 0 Å². The smallest absolute Gasteiger partial charge is 0.119 e. The third-order valence-corrected chi connectivity index (χ3v) is 3.17. The van der Waals surface area contributed by atoms with E-state index in [1.807, 2.05) is 38.1 Å². The van der Waals surface area contributed by atoms with E-state index >= 15 is 0 Å². The summed E-state index contributed by atoms with van der Waals surface area (Å²) < 4.78 is 5.54. The molecule has 2 atom stereocenters. The van der Waals surface area contributed by atoms with Gasteiger partial charge in [0.1, 0.15) is 18.5 Å². The van der Waals surface area contributed by atoms with Crippen molar-refractivity contribution in [2.45, 2.75) is 45.8 Å². The van der Waals surface area contributed by atoms with Gasteiger partial charge in [0, 0.05) is 13.1 Å². The van der Waals surface area contributed by atoms with E-state index in [9.17, 15) is 10.2 Å². The van der Waals surface area contributed by atoms with E-state index in [0.29, 0.717) is 19.0 Å². The molecule has 0 bridgehead atoms. The minimum atomic E-state index is -0.745. The lowest BCUT2D eigenvalue weighted by molar-refractivity contribution is 0.0327. The fourth-order valence-electron chi connectivity index (χ4n) is 2.42. The normalized spacial score (nSPS) is 15.8. The molecule has 0 aliphatic rings. The van der Waals surface area contributed by atoms with Crippen LogP contribution in [0.2, 0.25) is 0 Å². The summed E-state index contributed by atoms with van der Waals surface area (Å²) in [4.78, 5) is 0. The summed E-state index contributed by atoms with van der Waals surface area (Å²) in [6.45, 7) is 9.09. The van der Waals surface area contributed by atoms with E-state index in [1.54, 1.807) is 0 Å². The van der Waals surface area contributed by atoms with Crippen LogP contribution in [0.1, 0.15) is 32.8 Å². The van der Waals surface area contributed by atoms with Crippen LogP contribution in [0.25, 0.3) is 0 Å². The van der Waals surface area contributed by atoms with Crippen LogP contribution in [0, 0.1) is 12.8 Å². The number of hydrogen-bond donors (Lipinski definition) is 3. The maximum atomic E-state index is 10.2. The molecular formula is C17H29NO3. The Labute approximate surface area is 128 Å². The predicted molar refractivity (Wildman–Crippen MR) is 85.6 cm³/mol. The molecule has 0 spiro atoms. The number of aliphatic hydroxyl groups is 2. The van der Waals surface area contributed by atoms with Crippen LogP contribution >= 0.6 is 0 Å². The maximum absolute atomic E-state index is 10.2. The van der Waals surface area contributed by atoms with E-state index < -0.39 is 11.7 Å². The molecule has 4 heteroatoms. The zero-order valence-electron chi connectivity index (χ0n) is 13.6. The number of aryl methyl sites for hydroxylation is 1. The van der Waals surface area contributed by atoms with Crippen LogP contribution in [0.3, 0.4) is 0 Å². The summed E-state index contributed by atoms with van der Waals surface area (Å²) in [5.41, 5.74) is 0.385. The highest BCUT2D eigenvalue weighted by molar-refractivity contribution is 5.27. The molecule has 0 aliphatic carbocycles. The van der Waals surface area contributed by atoms with E-state index in [-0.39, 0.29) is 6.61 Å². The zero-order chi connectivity index (χ0) is 15.9. The molecule has 0 fully saturated rings. The van der Waals surface area contributed by atoms with Crippen molar-refractivity contribution in [2.75, 3.05) is 19.7 Å². The van der Waals surface area contributed by atoms with Gasteiger partial charge in [0.2, 0.25) is 0 Å². The Morgan fingerprint density at radius 2 is 2.05 bits per heavy atom. The summed E-state index contributed by atoms with van der Waals surface area (Å²) in [5.74, 6) is 1.21. The van der Waals surface area contributed by atoms with Crippen molar-refractivity contribution >= 4 is 0 Å². The Bertz CT molecular complexity index is 418. The lowest BCUT2D eigenvalue weighted by Crippen LogP contribution is -2.42. The van der Waals surface area contributed by atoms with Crippen LogP contribution in [-0.4, -0.2) is 41.6 Å². The van der Waals surface area contributed by atoms with E-state index in [4.69, 9.17) is 4.74 Å². The molecule has 3 N–H and O–H groups in total. The number of nitrogens with one attached hydrogen (secondary N) is 1. The second-order valence-electron chi connectivity index (χ2n) is 6.51. The molecule has 0 amide bonds. The van der Waals surface area contributed by atoms with Crippen molar-refractivity contribution in [2.24, 2.45) is 5.92 Å². The highest BCUT2D eigenvalue weighted by Crippen LogP contribution is 2.15. The predicted octanol–water partition coefficient (Wildman–Crippen LogP) is 2.12. The van der Waals surface area contributed by atoms with Crippen molar-refractivity contribution in [1.82, 2.24) is 5.32 Å². The van der Waals surface area contributed by atoms with Crippen molar-refractivity contribution in [1.29, 1.82) is 0 Å². The molecule has 4 nitrogen and oxygen atoms in total. The first-order chi connectivity index (χ1) is 9.78. The Kier molecular flexibility index (Phi) is 7.15. The molecule has 21 heavy (non-hydrogen) atoms. The monoisotopic (exact) mass is 295 g/mol. The first-order valence-electron chi connectivity index (χ1n) is 7.59. The largest absolute Gasteiger partial charge is 0.491 e. The van der Waals surface area contributed by atoms with Crippen LogP contribution in [0.5, 0.6) is 5.75 Å². The molecule has 0 saturated heterocycles. The summed E-state index contributed by atoms with van der Waals surface area (Å²) in [6, 6.07) is 7.74. The molecule has 120 valence electrons.